The molecule has 37 heavy (non-hydrogen) atoms. The number of ether oxygens (including phenoxy) is 1. The molecule has 1 spiro atoms. The van der Waals surface area contributed by atoms with Gasteiger partial charge in [0.1, 0.15) is 6.04 Å². The first-order chi connectivity index (χ1) is 17.9. The molecule has 2 aliphatic rings. The number of rotatable bonds is 7. The van der Waals surface area contributed by atoms with Gasteiger partial charge in [-0.25, -0.2) is 0 Å². The highest BCUT2D eigenvalue weighted by Crippen LogP contribution is 2.45. The van der Waals surface area contributed by atoms with Crippen molar-refractivity contribution in [1.82, 2.24) is 10.3 Å². The Morgan fingerprint density at radius 1 is 1.08 bits per heavy atom. The maximum atomic E-state index is 13.4. The van der Waals surface area contributed by atoms with Crippen LogP contribution in [0, 0.1) is 0 Å². The Hall–Kier alpha value is -3.75. The molecule has 1 saturated heterocycles. The van der Waals surface area contributed by atoms with Gasteiger partial charge in [-0.15, -0.1) is 0 Å². The zero-order chi connectivity index (χ0) is 25.8. The molecular weight excluding hydrogens is 492 g/mol. The summed E-state index contributed by atoms with van der Waals surface area (Å²) in [6.45, 7) is 1.07. The van der Waals surface area contributed by atoms with Gasteiger partial charge in [-0.1, -0.05) is 35.9 Å². The predicted octanol–water partition coefficient (Wildman–Crippen LogP) is 3.64. The highest BCUT2D eigenvalue weighted by Gasteiger charge is 2.47. The van der Waals surface area contributed by atoms with Crippen molar-refractivity contribution in [2.24, 2.45) is 0 Å². The van der Waals surface area contributed by atoms with Gasteiger partial charge in [0.15, 0.2) is 0 Å². The van der Waals surface area contributed by atoms with Gasteiger partial charge in [0.05, 0.1) is 11.8 Å². The van der Waals surface area contributed by atoms with Crippen LogP contribution in [-0.4, -0.2) is 42.0 Å². The SMILES string of the molecule is O=C(Cc1ccncc1)NC(Cc1ccccc1Cl)C(=O)Nc1ccc2c(c1)NC(=O)C21CCOCC1. The second-order valence-corrected chi connectivity index (χ2v) is 9.75. The Labute approximate surface area is 219 Å². The molecule has 2 aliphatic heterocycles. The van der Waals surface area contributed by atoms with E-state index in [0.29, 0.717) is 42.5 Å². The molecule has 5 rings (SSSR count). The summed E-state index contributed by atoms with van der Waals surface area (Å²) in [7, 11) is 0. The van der Waals surface area contributed by atoms with Crippen molar-refractivity contribution in [1.29, 1.82) is 0 Å². The molecule has 3 amide bonds. The minimum absolute atomic E-state index is 0.0331. The van der Waals surface area contributed by atoms with E-state index in [0.717, 1.165) is 16.7 Å². The average molecular weight is 519 g/mol. The van der Waals surface area contributed by atoms with Crippen molar-refractivity contribution >= 4 is 40.7 Å². The number of nitrogens with zero attached hydrogens (tertiary/aromatic N) is 1. The maximum Gasteiger partial charge on any atom is 0.247 e. The molecule has 0 radical (unpaired) electrons. The fourth-order valence-electron chi connectivity index (χ4n) is 4.98. The molecule has 8 nitrogen and oxygen atoms in total. The van der Waals surface area contributed by atoms with E-state index in [1.54, 1.807) is 42.7 Å². The maximum absolute atomic E-state index is 13.4. The number of fused-ring (bicyclic) bond motifs is 2. The number of aromatic nitrogens is 1. The lowest BCUT2D eigenvalue weighted by atomic mass is 9.75. The Balaban J connectivity index is 1.34. The Morgan fingerprint density at radius 2 is 1.84 bits per heavy atom. The Kier molecular flexibility index (Phi) is 7.21. The fraction of sp³-hybridized carbons (Fsp3) is 0.286. The van der Waals surface area contributed by atoms with E-state index in [9.17, 15) is 14.4 Å². The van der Waals surface area contributed by atoms with Crippen LogP contribution in [0.4, 0.5) is 11.4 Å². The third-order valence-corrected chi connectivity index (χ3v) is 7.35. The minimum atomic E-state index is -0.862. The predicted molar refractivity (Wildman–Crippen MR) is 140 cm³/mol. The highest BCUT2D eigenvalue weighted by molar-refractivity contribution is 6.31. The summed E-state index contributed by atoms with van der Waals surface area (Å²) in [4.78, 5) is 43.0. The molecule has 1 unspecified atom stereocenters. The van der Waals surface area contributed by atoms with E-state index in [-0.39, 0.29) is 30.6 Å². The number of amides is 3. The molecule has 1 atom stereocenters. The fourth-order valence-corrected chi connectivity index (χ4v) is 5.19. The van der Waals surface area contributed by atoms with Crippen molar-refractivity contribution in [2.45, 2.75) is 37.1 Å². The normalized spacial score (nSPS) is 16.5. The summed E-state index contributed by atoms with van der Waals surface area (Å²) in [6, 6.07) is 15.3. The molecule has 3 N–H and O–H groups in total. The van der Waals surface area contributed by atoms with Gasteiger partial charge in [0.2, 0.25) is 17.7 Å². The molecule has 1 aromatic heterocycles. The third kappa shape index (κ3) is 5.35. The summed E-state index contributed by atoms with van der Waals surface area (Å²) >= 11 is 6.35. The summed E-state index contributed by atoms with van der Waals surface area (Å²) < 4.78 is 5.46. The van der Waals surface area contributed by atoms with Crippen molar-refractivity contribution in [3.8, 4) is 0 Å². The van der Waals surface area contributed by atoms with Crippen LogP contribution in [0.15, 0.2) is 67.0 Å². The van der Waals surface area contributed by atoms with E-state index < -0.39 is 11.5 Å². The molecular formula is C28H27ClN4O4. The van der Waals surface area contributed by atoms with Crippen LogP contribution >= 0.6 is 11.6 Å². The lowest BCUT2D eigenvalue weighted by Crippen LogP contribution is -2.45. The molecule has 3 aromatic rings. The van der Waals surface area contributed by atoms with Gasteiger partial charge in [-0.05, 0) is 59.9 Å². The van der Waals surface area contributed by atoms with Gasteiger partial charge in [0, 0.05) is 48.4 Å². The summed E-state index contributed by atoms with van der Waals surface area (Å²) in [5.41, 5.74) is 3.10. The number of pyridine rings is 1. The molecule has 190 valence electrons. The van der Waals surface area contributed by atoms with Crippen molar-refractivity contribution < 1.29 is 19.1 Å². The Morgan fingerprint density at radius 3 is 2.59 bits per heavy atom. The number of carbonyl (C=O) groups is 3. The molecule has 0 saturated carbocycles. The topological polar surface area (TPSA) is 109 Å². The first kappa shape index (κ1) is 24.9. The van der Waals surface area contributed by atoms with Crippen LogP contribution in [-0.2, 0) is 37.4 Å². The van der Waals surface area contributed by atoms with Gasteiger partial charge >= 0.3 is 0 Å². The molecule has 0 aliphatic carbocycles. The van der Waals surface area contributed by atoms with Crippen LogP contribution in [0.1, 0.15) is 29.5 Å². The zero-order valence-electron chi connectivity index (χ0n) is 20.1. The zero-order valence-corrected chi connectivity index (χ0v) is 20.9. The average Bonchev–Trinajstić information content (AvgIpc) is 3.15. The van der Waals surface area contributed by atoms with Gasteiger partial charge in [-0.2, -0.15) is 0 Å². The minimum Gasteiger partial charge on any atom is -0.381 e. The number of nitrogens with one attached hydrogen (secondary N) is 3. The summed E-state index contributed by atoms with van der Waals surface area (Å²) in [5, 5.41) is 9.25. The van der Waals surface area contributed by atoms with Crippen molar-refractivity contribution in [3.63, 3.8) is 0 Å². The van der Waals surface area contributed by atoms with E-state index >= 15 is 0 Å². The van der Waals surface area contributed by atoms with Crippen LogP contribution in [0.2, 0.25) is 5.02 Å². The molecule has 0 bridgehead atoms. The lowest BCUT2D eigenvalue weighted by Gasteiger charge is -2.31. The quantitative estimate of drug-likeness (QED) is 0.442. The number of hydrogen-bond donors (Lipinski definition) is 3. The van der Waals surface area contributed by atoms with E-state index in [1.807, 2.05) is 24.3 Å². The van der Waals surface area contributed by atoms with Crippen LogP contribution in [0.5, 0.6) is 0 Å². The number of halogens is 1. The molecule has 9 heteroatoms. The van der Waals surface area contributed by atoms with Gasteiger partial charge in [0.25, 0.3) is 0 Å². The number of benzene rings is 2. The van der Waals surface area contributed by atoms with Crippen LogP contribution in [0.3, 0.4) is 0 Å². The van der Waals surface area contributed by atoms with Crippen molar-refractivity contribution in [3.05, 3.63) is 88.7 Å². The lowest BCUT2D eigenvalue weighted by molar-refractivity contribution is -0.126. The first-order valence-corrected chi connectivity index (χ1v) is 12.6. The van der Waals surface area contributed by atoms with Crippen molar-refractivity contribution in [2.75, 3.05) is 23.8 Å². The first-order valence-electron chi connectivity index (χ1n) is 12.2. The molecule has 1 fully saturated rings. The van der Waals surface area contributed by atoms with E-state index in [1.165, 1.54) is 0 Å². The van der Waals surface area contributed by atoms with Gasteiger partial charge < -0.3 is 20.7 Å². The number of anilines is 2. The van der Waals surface area contributed by atoms with Gasteiger partial charge in [-0.3, -0.25) is 19.4 Å². The van der Waals surface area contributed by atoms with E-state index in [2.05, 4.69) is 20.9 Å². The largest absolute Gasteiger partial charge is 0.381 e. The van der Waals surface area contributed by atoms with Crippen LogP contribution in [0.25, 0.3) is 0 Å². The smallest absolute Gasteiger partial charge is 0.247 e. The Bertz CT molecular complexity index is 1320. The molecule has 3 heterocycles. The third-order valence-electron chi connectivity index (χ3n) is 6.98. The number of hydrogen-bond acceptors (Lipinski definition) is 5. The number of carbonyl (C=O) groups excluding carboxylic acids is 3. The van der Waals surface area contributed by atoms with E-state index in [4.69, 9.17) is 16.3 Å². The highest BCUT2D eigenvalue weighted by atomic mass is 35.5. The summed E-state index contributed by atoms with van der Waals surface area (Å²) in [5.74, 6) is -0.705. The molecule has 2 aromatic carbocycles. The van der Waals surface area contributed by atoms with Crippen LogP contribution < -0.4 is 16.0 Å². The second kappa shape index (κ2) is 10.7. The summed E-state index contributed by atoms with van der Waals surface area (Å²) in [6.07, 6.45) is 4.83. The standard InChI is InChI=1S/C28H27ClN4O4/c29-22-4-2-1-3-19(22)16-24(32-25(34)15-18-7-11-30-12-8-18)26(35)31-20-5-6-21-23(17-20)33-27(36)28(21)9-13-37-14-10-28/h1-8,11-12,17,24H,9-10,13-16H2,(H,31,35)(H,32,34)(H,33,36). The monoisotopic (exact) mass is 518 g/mol. The second-order valence-electron chi connectivity index (χ2n) is 9.35.